The summed E-state index contributed by atoms with van der Waals surface area (Å²) in [5, 5.41) is 0. The van der Waals surface area contributed by atoms with Gasteiger partial charge in [0.25, 0.3) is 0 Å². The molecule has 2 rings (SSSR count). The molecule has 13 heavy (non-hydrogen) atoms. The second-order valence-corrected chi connectivity index (χ2v) is 19.3. The summed E-state index contributed by atoms with van der Waals surface area (Å²) >= 11 is 1.71. The van der Waals surface area contributed by atoms with Crippen LogP contribution in [0.5, 0.6) is 0 Å². The van der Waals surface area contributed by atoms with Gasteiger partial charge in [0.05, 0.1) is 0 Å². The minimum absolute atomic E-state index is 0.777. The molecule has 76 valence electrons. The normalized spacial score (nSPS) is 40.4. The van der Waals surface area contributed by atoms with Crippen LogP contribution in [0, 0.1) is 5.92 Å². The average Bonchev–Trinajstić information content (AvgIpc) is 2.91. The molecule has 0 spiro atoms. The third-order valence-corrected chi connectivity index (χ3v) is 21.1. The predicted molar refractivity (Wildman–Crippen MR) is 77.8 cm³/mol. The number of halogens is 2. The molecule has 0 saturated carbocycles. The summed E-state index contributed by atoms with van der Waals surface area (Å²) in [5.41, 5.74) is 0. The third kappa shape index (κ3) is 2.32. The molecule has 0 aromatic rings. The van der Waals surface area contributed by atoms with E-state index in [0.29, 0.717) is 0 Å². The summed E-state index contributed by atoms with van der Waals surface area (Å²) in [6.45, 7) is 0. The Balaban J connectivity index is 2.16. The number of nitrogens with one attached hydrogen (secondary N) is 1. The summed E-state index contributed by atoms with van der Waals surface area (Å²) in [7, 11) is 0. The standard InChI is InChI=1S/C8H14I2NOP/c9-5-8-1-3-13(6-8,4-2-12)10-7-11-10/h2,4,8,11H,1,3,5-7H2. The molecule has 2 aliphatic rings. The summed E-state index contributed by atoms with van der Waals surface area (Å²) in [6.07, 6.45) is 5.25. The van der Waals surface area contributed by atoms with Crippen molar-refractivity contribution in [1.29, 1.82) is 0 Å². The molecule has 0 aromatic carbocycles. The van der Waals surface area contributed by atoms with Crippen LogP contribution in [0.4, 0.5) is 0 Å². The second-order valence-electron chi connectivity index (χ2n) is 3.53. The van der Waals surface area contributed by atoms with E-state index in [1.807, 2.05) is 0 Å². The first-order chi connectivity index (χ1) is 6.30. The number of hydrogen-bond acceptors (Lipinski definition) is 2. The molecule has 2 saturated heterocycles. The Morgan fingerprint density at radius 1 is 1.69 bits per heavy atom. The van der Waals surface area contributed by atoms with E-state index in [1.54, 1.807) is 0 Å². The van der Waals surface area contributed by atoms with E-state index in [-0.39, 0.29) is 0 Å². The Hall–Kier alpha value is 1.39. The third-order valence-electron chi connectivity index (χ3n) is 2.68. The van der Waals surface area contributed by atoms with Gasteiger partial charge in [0, 0.05) is 0 Å². The van der Waals surface area contributed by atoms with Crippen LogP contribution in [0.3, 0.4) is 0 Å². The molecule has 2 unspecified atom stereocenters. The van der Waals surface area contributed by atoms with Gasteiger partial charge in [-0.2, -0.15) is 0 Å². The summed E-state index contributed by atoms with van der Waals surface area (Å²) < 4.78 is 5.33. The Kier molecular flexibility index (Phi) is 3.76. The number of rotatable bonds is 3. The van der Waals surface area contributed by atoms with E-state index in [2.05, 4.69) is 31.9 Å². The Morgan fingerprint density at radius 3 is 2.92 bits per heavy atom. The fourth-order valence-electron chi connectivity index (χ4n) is 1.89. The van der Waals surface area contributed by atoms with Gasteiger partial charge in [-0.3, -0.25) is 0 Å². The van der Waals surface area contributed by atoms with Crippen molar-refractivity contribution in [2.24, 2.45) is 5.92 Å². The minimum atomic E-state index is -0.833. The van der Waals surface area contributed by atoms with Crippen molar-refractivity contribution in [3.05, 3.63) is 0 Å². The number of carbonyl (C=O) groups is 1. The van der Waals surface area contributed by atoms with Crippen molar-refractivity contribution in [2.45, 2.75) is 6.42 Å². The molecule has 2 nitrogen and oxygen atoms in total. The predicted octanol–water partition coefficient (Wildman–Crippen LogP) is 2.36. The van der Waals surface area contributed by atoms with Crippen molar-refractivity contribution in [1.82, 2.24) is 3.53 Å². The van der Waals surface area contributed by atoms with Crippen LogP contribution in [-0.2, 0) is 4.79 Å². The van der Waals surface area contributed by atoms with Crippen LogP contribution in [0.15, 0.2) is 0 Å². The molecular weight excluding hydrogens is 411 g/mol. The van der Waals surface area contributed by atoms with Crippen LogP contribution in [0.1, 0.15) is 6.42 Å². The zero-order chi connectivity index (χ0) is 9.31. The van der Waals surface area contributed by atoms with Crippen LogP contribution < -0.4 is 3.53 Å². The SMILES string of the molecule is O=CC=P1(I2CN2)CCC(CI)C1. The van der Waals surface area contributed by atoms with E-state index in [4.69, 9.17) is 0 Å². The monoisotopic (exact) mass is 425 g/mol. The van der Waals surface area contributed by atoms with Crippen LogP contribution >= 0.6 is 46.7 Å². The van der Waals surface area contributed by atoms with Gasteiger partial charge in [0.2, 0.25) is 0 Å². The van der Waals surface area contributed by atoms with Gasteiger partial charge in [0.15, 0.2) is 0 Å². The van der Waals surface area contributed by atoms with E-state index >= 15 is 0 Å². The van der Waals surface area contributed by atoms with Gasteiger partial charge in [0.1, 0.15) is 0 Å². The fraction of sp³-hybridized carbons (Fsp3) is 0.750. The summed E-state index contributed by atoms with van der Waals surface area (Å²) in [5.74, 6) is 3.01. The Bertz CT molecular complexity index is 265. The Labute approximate surface area is 99.8 Å². The van der Waals surface area contributed by atoms with E-state index in [9.17, 15) is 4.79 Å². The second kappa shape index (κ2) is 4.49. The van der Waals surface area contributed by atoms with Crippen LogP contribution in [0.25, 0.3) is 0 Å². The quantitative estimate of drug-likeness (QED) is 0.144. The van der Waals surface area contributed by atoms with E-state index in [0.717, 1.165) is 12.2 Å². The van der Waals surface area contributed by atoms with Crippen molar-refractivity contribution < 1.29 is 4.79 Å². The summed E-state index contributed by atoms with van der Waals surface area (Å²) in [4.78, 5) is 10.7. The van der Waals surface area contributed by atoms with Crippen LogP contribution in [0.2, 0.25) is 0 Å². The number of carbonyl (C=O) groups excluding carboxylic acids is 1. The van der Waals surface area contributed by atoms with Gasteiger partial charge in [-0.25, -0.2) is 0 Å². The molecule has 2 heterocycles. The molecule has 0 aliphatic carbocycles. The van der Waals surface area contributed by atoms with Crippen LogP contribution in [-0.4, -0.2) is 33.4 Å². The maximum atomic E-state index is 10.7. The molecule has 0 amide bonds. The van der Waals surface area contributed by atoms with Crippen molar-refractivity contribution >= 4 is 58.7 Å². The zero-order valence-corrected chi connectivity index (χ0v) is 12.6. The molecule has 2 atom stereocenters. The van der Waals surface area contributed by atoms with Gasteiger partial charge in [-0.15, -0.1) is 0 Å². The number of aldehydes is 1. The summed E-state index contributed by atoms with van der Waals surface area (Å²) in [6, 6.07) is 0. The first-order valence-corrected chi connectivity index (χ1v) is 13.6. The average molecular weight is 425 g/mol. The Morgan fingerprint density at radius 2 is 2.46 bits per heavy atom. The number of hydrogen-bond donors (Lipinski definition) is 1. The molecule has 0 bridgehead atoms. The molecular formula is C8H14I2NOP. The van der Waals surface area contributed by atoms with Crippen molar-refractivity contribution in [2.75, 3.05) is 21.3 Å². The maximum absolute atomic E-state index is 10.7. The van der Waals surface area contributed by atoms with Crippen molar-refractivity contribution in [3.8, 4) is 0 Å². The first-order valence-electron chi connectivity index (χ1n) is 4.43. The fourth-order valence-corrected chi connectivity index (χ4v) is 21.1. The molecule has 0 radical (unpaired) electrons. The van der Waals surface area contributed by atoms with Gasteiger partial charge < -0.3 is 0 Å². The van der Waals surface area contributed by atoms with E-state index in [1.165, 1.54) is 27.7 Å². The number of alkyl halides is 2. The molecule has 2 fully saturated rings. The molecule has 0 aromatic heterocycles. The topological polar surface area (TPSA) is 39.0 Å². The molecule has 1 N–H and O–H groups in total. The van der Waals surface area contributed by atoms with Crippen molar-refractivity contribution in [3.63, 3.8) is 0 Å². The van der Waals surface area contributed by atoms with Gasteiger partial charge >= 0.3 is 101 Å². The van der Waals surface area contributed by atoms with Gasteiger partial charge in [-0.05, 0) is 0 Å². The molecule has 2 aliphatic heterocycles. The zero-order valence-electron chi connectivity index (χ0n) is 7.38. The van der Waals surface area contributed by atoms with E-state index < -0.39 is 24.1 Å². The first kappa shape index (κ1) is 10.9. The molecule has 5 heteroatoms. The van der Waals surface area contributed by atoms with Gasteiger partial charge in [-0.1, -0.05) is 0 Å².